The normalized spacial score (nSPS) is 22.3. The van der Waals surface area contributed by atoms with Gasteiger partial charge in [0.2, 0.25) is 11.8 Å². The van der Waals surface area contributed by atoms with Crippen molar-refractivity contribution in [1.82, 2.24) is 40.5 Å². The third-order valence-corrected chi connectivity index (χ3v) is 12.1. The number of nitrogens with zero attached hydrogens (tertiary/aromatic N) is 4. The molecule has 3 aromatic heterocycles. The standard InChI is InChI=1S/C43H47FN8O5/c1-24(56-2)38(51-43(55)57-3)42(54)52-17-5-7-35(52)39-46-23-34(49-39)28-14-15-31(32(44)19-28)26-8-10-27(11-9-26)33-22-47-40(50-33)36-29-12-13-30(18-29)37(36)41(53)48-21-25-6-4-16-45-20-25/h4,6,8-11,14-16,19-20,22-24,29-30,35-38H,5,7,12-13,17-18,21H2,1-3H3,(H,46,49)(H,47,50)(H,48,53)(H,51,55)/t24-,29?,30?,35?,36+,37+,38+/m1/s1. The van der Waals surface area contributed by atoms with Gasteiger partial charge in [-0.1, -0.05) is 42.5 Å². The van der Waals surface area contributed by atoms with E-state index in [0.29, 0.717) is 54.0 Å². The number of hydrogen-bond donors (Lipinski definition) is 4. The van der Waals surface area contributed by atoms with E-state index in [1.165, 1.54) is 20.3 Å². The van der Waals surface area contributed by atoms with Gasteiger partial charge in [-0.3, -0.25) is 14.6 Å². The second-order valence-electron chi connectivity index (χ2n) is 15.3. The maximum atomic E-state index is 15.8. The predicted octanol–water partition coefficient (Wildman–Crippen LogP) is 6.54. The summed E-state index contributed by atoms with van der Waals surface area (Å²) in [5.74, 6) is 1.52. The molecule has 0 spiro atoms. The summed E-state index contributed by atoms with van der Waals surface area (Å²) in [5.41, 5.74) is 5.18. The molecule has 3 aliphatic rings. The number of aromatic amines is 2. The smallest absolute Gasteiger partial charge is 0.407 e. The number of benzene rings is 2. The number of pyridine rings is 1. The van der Waals surface area contributed by atoms with Gasteiger partial charge < -0.3 is 35.0 Å². The summed E-state index contributed by atoms with van der Waals surface area (Å²) in [5, 5.41) is 5.74. The molecule has 1 aliphatic heterocycles. The Labute approximate surface area is 330 Å². The van der Waals surface area contributed by atoms with Gasteiger partial charge in [0.1, 0.15) is 23.5 Å². The molecule has 2 aliphatic carbocycles. The first kappa shape index (κ1) is 38.0. The molecule has 57 heavy (non-hydrogen) atoms. The first-order valence-electron chi connectivity index (χ1n) is 19.6. The molecule has 4 heterocycles. The Morgan fingerprint density at radius 2 is 1.63 bits per heavy atom. The van der Waals surface area contributed by atoms with E-state index >= 15 is 4.39 Å². The van der Waals surface area contributed by atoms with Crippen LogP contribution in [-0.2, 0) is 25.6 Å². The van der Waals surface area contributed by atoms with Crippen molar-refractivity contribution in [3.05, 3.63) is 102 Å². The van der Waals surface area contributed by atoms with Crippen LogP contribution in [0.3, 0.4) is 0 Å². The Hall–Kier alpha value is -5.89. The summed E-state index contributed by atoms with van der Waals surface area (Å²) >= 11 is 0. The van der Waals surface area contributed by atoms with Gasteiger partial charge >= 0.3 is 6.09 Å². The van der Waals surface area contributed by atoms with Gasteiger partial charge in [0.25, 0.3) is 0 Å². The molecule has 3 amide bonds. The molecule has 13 nitrogen and oxygen atoms in total. The monoisotopic (exact) mass is 774 g/mol. The molecular weight excluding hydrogens is 728 g/mol. The zero-order chi connectivity index (χ0) is 39.6. The fourth-order valence-corrected chi connectivity index (χ4v) is 9.12. The minimum Gasteiger partial charge on any atom is -0.453 e. The van der Waals surface area contributed by atoms with Crippen molar-refractivity contribution in [2.45, 2.75) is 69.7 Å². The second-order valence-corrected chi connectivity index (χ2v) is 15.3. The number of rotatable bonds is 12. The van der Waals surface area contributed by atoms with E-state index < -0.39 is 18.2 Å². The van der Waals surface area contributed by atoms with Crippen LogP contribution in [-0.4, -0.2) is 80.6 Å². The van der Waals surface area contributed by atoms with Crippen LogP contribution < -0.4 is 10.6 Å². The SMILES string of the molecule is COC(=O)N[C@H](C(=O)N1CCCC1c1ncc(-c2ccc(-c3ccc(-c4cnc([C@H]5C6CCC(C6)[C@@H]5C(=O)NCc5cccnc5)[nH]4)cc3)c(F)c2)[nH]1)[C@@H](C)OC. The summed E-state index contributed by atoms with van der Waals surface area (Å²) in [4.78, 5) is 61.2. The largest absolute Gasteiger partial charge is 0.453 e. The quantitative estimate of drug-likeness (QED) is 0.111. The van der Waals surface area contributed by atoms with Gasteiger partial charge in [0, 0.05) is 49.6 Å². The van der Waals surface area contributed by atoms with Crippen molar-refractivity contribution < 1.29 is 28.2 Å². The van der Waals surface area contributed by atoms with E-state index in [2.05, 4.69) is 30.6 Å². The molecule has 0 radical (unpaired) electrons. The zero-order valence-electron chi connectivity index (χ0n) is 32.2. The van der Waals surface area contributed by atoms with Crippen molar-refractivity contribution in [1.29, 1.82) is 0 Å². The van der Waals surface area contributed by atoms with E-state index in [4.69, 9.17) is 14.5 Å². The first-order chi connectivity index (χ1) is 27.7. The van der Waals surface area contributed by atoms with E-state index in [1.807, 2.05) is 48.7 Å². The number of carbonyl (C=O) groups is 3. The molecule has 2 bridgehead atoms. The fourth-order valence-electron chi connectivity index (χ4n) is 9.12. The highest BCUT2D eigenvalue weighted by molar-refractivity contribution is 5.87. The van der Waals surface area contributed by atoms with Crippen LogP contribution in [0.1, 0.15) is 68.2 Å². The Bertz CT molecular complexity index is 2230. The Morgan fingerprint density at radius 3 is 2.37 bits per heavy atom. The molecule has 2 aromatic carbocycles. The molecule has 8 rings (SSSR count). The summed E-state index contributed by atoms with van der Waals surface area (Å²) in [6.45, 7) is 2.66. The lowest BCUT2D eigenvalue weighted by Gasteiger charge is -2.30. The number of methoxy groups -OCH3 is 2. The molecule has 3 unspecified atom stereocenters. The number of alkyl carbamates (subject to hydrolysis) is 1. The van der Waals surface area contributed by atoms with Gasteiger partial charge in [-0.2, -0.15) is 0 Å². The molecule has 14 heteroatoms. The highest BCUT2D eigenvalue weighted by atomic mass is 19.1. The van der Waals surface area contributed by atoms with Crippen LogP contribution in [0.4, 0.5) is 9.18 Å². The molecule has 2 saturated carbocycles. The summed E-state index contributed by atoms with van der Waals surface area (Å²) < 4.78 is 25.9. The average Bonchev–Trinajstić information content (AvgIpc) is 4.10. The van der Waals surface area contributed by atoms with Crippen molar-refractivity contribution in [2.24, 2.45) is 17.8 Å². The maximum Gasteiger partial charge on any atom is 0.407 e. The molecule has 7 atom stereocenters. The number of nitrogens with one attached hydrogen (secondary N) is 4. The fraction of sp³-hybridized carbons (Fsp3) is 0.395. The summed E-state index contributed by atoms with van der Waals surface area (Å²) in [6.07, 6.45) is 10.3. The molecule has 296 valence electrons. The Kier molecular flexibility index (Phi) is 10.9. The number of amides is 3. The number of fused-ring (bicyclic) bond motifs is 2. The lowest BCUT2D eigenvalue weighted by Crippen LogP contribution is -2.54. The van der Waals surface area contributed by atoms with Crippen molar-refractivity contribution in [3.63, 3.8) is 0 Å². The van der Waals surface area contributed by atoms with E-state index in [0.717, 1.165) is 53.9 Å². The van der Waals surface area contributed by atoms with Crippen LogP contribution in [0.15, 0.2) is 79.4 Å². The van der Waals surface area contributed by atoms with Crippen LogP contribution in [0.5, 0.6) is 0 Å². The highest BCUT2D eigenvalue weighted by Gasteiger charge is 2.52. The lowest BCUT2D eigenvalue weighted by molar-refractivity contribution is -0.137. The molecule has 4 N–H and O–H groups in total. The van der Waals surface area contributed by atoms with Crippen LogP contribution in [0.25, 0.3) is 33.6 Å². The van der Waals surface area contributed by atoms with Gasteiger partial charge in [0.15, 0.2) is 0 Å². The van der Waals surface area contributed by atoms with E-state index in [9.17, 15) is 14.4 Å². The number of aromatic nitrogens is 5. The Morgan fingerprint density at radius 1 is 0.912 bits per heavy atom. The lowest BCUT2D eigenvalue weighted by atomic mass is 9.78. The third-order valence-electron chi connectivity index (χ3n) is 12.1. The molecule has 3 fully saturated rings. The van der Waals surface area contributed by atoms with E-state index in [-0.39, 0.29) is 35.5 Å². The number of H-pyrrole nitrogens is 2. The first-order valence-corrected chi connectivity index (χ1v) is 19.6. The number of carbonyl (C=O) groups excluding carboxylic acids is 3. The molecule has 5 aromatic rings. The summed E-state index contributed by atoms with van der Waals surface area (Å²) in [6, 6.07) is 15.3. The number of likely N-dealkylation sites (tertiary alicyclic amines) is 1. The molecule has 1 saturated heterocycles. The Balaban J connectivity index is 0.937. The van der Waals surface area contributed by atoms with E-state index in [1.54, 1.807) is 36.5 Å². The molecular formula is C43H47FN8O5. The van der Waals surface area contributed by atoms with Crippen LogP contribution in [0.2, 0.25) is 0 Å². The zero-order valence-corrected chi connectivity index (χ0v) is 32.2. The van der Waals surface area contributed by atoms with Crippen molar-refractivity contribution >= 4 is 17.9 Å². The maximum absolute atomic E-state index is 15.8. The van der Waals surface area contributed by atoms with Gasteiger partial charge in [-0.25, -0.2) is 19.2 Å². The number of hydrogen-bond acceptors (Lipinski definition) is 8. The van der Waals surface area contributed by atoms with Crippen LogP contribution >= 0.6 is 0 Å². The minimum absolute atomic E-state index is 0.0382. The number of imidazole rings is 2. The predicted molar refractivity (Wildman–Crippen MR) is 210 cm³/mol. The van der Waals surface area contributed by atoms with Crippen molar-refractivity contribution in [3.8, 4) is 33.6 Å². The summed E-state index contributed by atoms with van der Waals surface area (Å²) in [7, 11) is 2.72. The van der Waals surface area contributed by atoms with Crippen molar-refractivity contribution in [2.75, 3.05) is 20.8 Å². The topological polar surface area (TPSA) is 167 Å². The third kappa shape index (κ3) is 7.65. The van der Waals surface area contributed by atoms with Gasteiger partial charge in [-0.05, 0) is 79.7 Å². The van der Waals surface area contributed by atoms with Gasteiger partial charge in [-0.15, -0.1) is 0 Å². The number of ether oxygens (including phenoxy) is 2. The second kappa shape index (κ2) is 16.3. The minimum atomic E-state index is -0.937. The van der Waals surface area contributed by atoms with Gasteiger partial charge in [0.05, 0.1) is 49.0 Å². The van der Waals surface area contributed by atoms with Crippen LogP contribution in [0, 0.1) is 23.6 Å². The highest BCUT2D eigenvalue weighted by Crippen LogP contribution is 2.56. The average molecular weight is 775 g/mol. The number of halogens is 1.